The van der Waals surface area contributed by atoms with Crippen molar-refractivity contribution in [3.05, 3.63) is 75.3 Å². The Labute approximate surface area is 137 Å². The molecule has 3 rings (SSSR count). The lowest BCUT2D eigenvalue weighted by Gasteiger charge is -2.23. The van der Waals surface area contributed by atoms with E-state index in [0.29, 0.717) is 11.1 Å². The van der Waals surface area contributed by atoms with Gasteiger partial charge in [-0.05, 0) is 17.2 Å². The minimum Gasteiger partial charge on any atom is -0.458 e. The first kappa shape index (κ1) is 15.7. The van der Waals surface area contributed by atoms with E-state index >= 15 is 0 Å². The fourth-order valence-electron chi connectivity index (χ4n) is 2.47. The fourth-order valence-corrected chi connectivity index (χ4v) is 2.47. The number of non-ortho nitro benzene ring substituents is 1. The molecule has 1 heterocycles. The average molecular weight is 327 g/mol. The number of nitro benzene ring substituents is 1. The van der Waals surface area contributed by atoms with Gasteiger partial charge in [-0.2, -0.15) is 0 Å². The molecule has 0 radical (unpaired) electrons. The first-order valence-electron chi connectivity index (χ1n) is 7.23. The van der Waals surface area contributed by atoms with Crippen LogP contribution in [0.4, 0.5) is 5.69 Å². The highest BCUT2D eigenvalue weighted by Crippen LogP contribution is 2.21. The monoisotopic (exact) mass is 327 g/mol. The van der Waals surface area contributed by atoms with Crippen molar-refractivity contribution in [1.29, 1.82) is 0 Å². The second-order valence-electron chi connectivity index (χ2n) is 5.29. The molecule has 0 saturated heterocycles. The Balaban J connectivity index is 1.65. The van der Waals surface area contributed by atoms with E-state index in [1.165, 1.54) is 18.2 Å². The molecule has 0 N–H and O–H groups in total. The number of nitrogens with zero attached hydrogens (tertiary/aromatic N) is 1. The zero-order chi connectivity index (χ0) is 17.1. The average Bonchev–Trinajstić information content (AvgIpc) is 2.60. The van der Waals surface area contributed by atoms with Crippen molar-refractivity contribution in [1.82, 2.24) is 0 Å². The molecule has 1 atom stereocenters. The van der Waals surface area contributed by atoms with Gasteiger partial charge in [-0.3, -0.25) is 10.1 Å². The normalized spacial score (nSPS) is 16.0. The van der Waals surface area contributed by atoms with Crippen molar-refractivity contribution in [2.75, 3.05) is 0 Å². The molecule has 0 aliphatic carbocycles. The number of fused-ring (bicyclic) bond motifs is 1. The molecule has 0 fully saturated rings. The maximum absolute atomic E-state index is 12.1. The highest BCUT2D eigenvalue weighted by molar-refractivity contribution is 5.94. The zero-order valence-corrected chi connectivity index (χ0v) is 12.5. The van der Waals surface area contributed by atoms with E-state index in [1.54, 1.807) is 30.3 Å². The van der Waals surface area contributed by atoms with Crippen LogP contribution < -0.4 is 0 Å². The lowest BCUT2D eigenvalue weighted by atomic mass is 9.99. The Bertz CT molecular complexity index is 816. The summed E-state index contributed by atoms with van der Waals surface area (Å²) in [5.41, 5.74) is 1.58. The molecule has 0 unspecified atom stereocenters. The van der Waals surface area contributed by atoms with Gasteiger partial charge in [0.1, 0.15) is 6.61 Å². The van der Waals surface area contributed by atoms with E-state index in [0.717, 1.165) is 5.56 Å². The van der Waals surface area contributed by atoms with Crippen LogP contribution in [0.1, 0.15) is 21.5 Å². The number of carbonyl (C=O) groups is 2. The van der Waals surface area contributed by atoms with E-state index in [1.807, 2.05) is 0 Å². The zero-order valence-electron chi connectivity index (χ0n) is 12.5. The molecule has 0 amide bonds. The minimum atomic E-state index is -1.01. The van der Waals surface area contributed by atoms with Gasteiger partial charge < -0.3 is 9.47 Å². The van der Waals surface area contributed by atoms with E-state index < -0.39 is 23.0 Å². The van der Waals surface area contributed by atoms with Crippen LogP contribution in [0.5, 0.6) is 0 Å². The van der Waals surface area contributed by atoms with E-state index in [-0.39, 0.29) is 18.7 Å². The van der Waals surface area contributed by atoms with Crippen LogP contribution in [0.2, 0.25) is 0 Å². The quantitative estimate of drug-likeness (QED) is 0.486. The van der Waals surface area contributed by atoms with Gasteiger partial charge in [-0.15, -0.1) is 0 Å². The van der Waals surface area contributed by atoms with Crippen LogP contribution in [-0.2, 0) is 27.3 Å². The van der Waals surface area contributed by atoms with Crippen molar-refractivity contribution < 1.29 is 24.0 Å². The first-order valence-corrected chi connectivity index (χ1v) is 7.23. The molecule has 0 bridgehead atoms. The third-order valence-corrected chi connectivity index (χ3v) is 3.66. The van der Waals surface area contributed by atoms with Gasteiger partial charge in [0.2, 0.25) is 6.10 Å². The molecule has 0 spiro atoms. The minimum absolute atomic E-state index is 0.0819. The van der Waals surface area contributed by atoms with Gasteiger partial charge >= 0.3 is 11.9 Å². The van der Waals surface area contributed by atoms with Crippen molar-refractivity contribution >= 4 is 17.6 Å². The summed E-state index contributed by atoms with van der Waals surface area (Å²) < 4.78 is 10.2. The molecule has 1 aliphatic rings. The summed E-state index contributed by atoms with van der Waals surface area (Å²) in [6.07, 6.45) is -0.763. The van der Waals surface area contributed by atoms with Gasteiger partial charge in [-0.1, -0.05) is 30.3 Å². The summed E-state index contributed by atoms with van der Waals surface area (Å²) in [5, 5.41) is 10.7. The molecule has 1 aliphatic heterocycles. The van der Waals surface area contributed by atoms with Gasteiger partial charge in [0.05, 0.1) is 10.5 Å². The van der Waals surface area contributed by atoms with E-state index in [4.69, 9.17) is 9.47 Å². The molecule has 7 nitrogen and oxygen atoms in total. The Hall–Kier alpha value is -3.22. The third-order valence-electron chi connectivity index (χ3n) is 3.66. The van der Waals surface area contributed by atoms with Crippen LogP contribution in [-0.4, -0.2) is 23.0 Å². The van der Waals surface area contributed by atoms with E-state index in [2.05, 4.69) is 0 Å². The maximum atomic E-state index is 12.1. The Morgan fingerprint density at radius 1 is 1.25 bits per heavy atom. The number of ether oxygens (including phenoxy) is 2. The SMILES string of the molecule is O=C1O[C@H](C(=O)OCc2cccc([N+](=O)[O-])c2)Cc2ccccc21. The molecular formula is C17H13NO6. The van der Waals surface area contributed by atoms with Crippen molar-refractivity contribution in [2.45, 2.75) is 19.1 Å². The van der Waals surface area contributed by atoms with Crippen molar-refractivity contribution in [3.63, 3.8) is 0 Å². The van der Waals surface area contributed by atoms with Crippen LogP contribution in [0, 0.1) is 10.1 Å². The molecule has 0 aromatic heterocycles. The standard InChI is InChI=1S/C17H13NO6/c19-16-14-7-2-1-5-12(14)9-15(24-16)17(20)23-10-11-4-3-6-13(8-11)18(21)22/h1-8,15H,9-10H2/t15-/m0/s1. The Kier molecular flexibility index (Phi) is 4.24. The highest BCUT2D eigenvalue weighted by Gasteiger charge is 2.32. The van der Waals surface area contributed by atoms with Gasteiger partial charge in [0.15, 0.2) is 0 Å². The number of cyclic esters (lactones) is 1. The lowest BCUT2D eigenvalue weighted by molar-refractivity contribution is -0.384. The number of benzene rings is 2. The molecule has 24 heavy (non-hydrogen) atoms. The van der Waals surface area contributed by atoms with Gasteiger partial charge in [0, 0.05) is 18.6 Å². The molecular weight excluding hydrogens is 314 g/mol. The number of carbonyl (C=O) groups excluding carboxylic acids is 2. The summed E-state index contributed by atoms with van der Waals surface area (Å²) >= 11 is 0. The van der Waals surface area contributed by atoms with Crippen LogP contribution in [0.25, 0.3) is 0 Å². The predicted octanol–water partition coefficient (Wildman–Crippen LogP) is 2.42. The van der Waals surface area contributed by atoms with Crippen LogP contribution in [0.3, 0.4) is 0 Å². The van der Waals surface area contributed by atoms with E-state index in [9.17, 15) is 19.7 Å². The molecule has 2 aromatic rings. The highest BCUT2D eigenvalue weighted by atomic mass is 16.6. The summed E-state index contributed by atoms with van der Waals surface area (Å²) in [5.74, 6) is -1.24. The molecule has 7 heteroatoms. The molecule has 122 valence electrons. The second kappa shape index (κ2) is 6.49. The Morgan fingerprint density at radius 3 is 2.83 bits per heavy atom. The molecule has 2 aromatic carbocycles. The maximum Gasteiger partial charge on any atom is 0.348 e. The summed E-state index contributed by atoms with van der Waals surface area (Å²) in [6, 6.07) is 12.7. The summed E-state index contributed by atoms with van der Waals surface area (Å²) in [4.78, 5) is 34.2. The third kappa shape index (κ3) is 3.24. The topological polar surface area (TPSA) is 95.7 Å². The second-order valence-corrected chi connectivity index (χ2v) is 5.29. The fraction of sp³-hybridized carbons (Fsp3) is 0.176. The van der Waals surface area contributed by atoms with Crippen LogP contribution >= 0.6 is 0 Å². The first-order chi connectivity index (χ1) is 11.5. The summed E-state index contributed by atoms with van der Waals surface area (Å²) in [6.45, 7) is -0.129. The molecule has 0 saturated carbocycles. The van der Waals surface area contributed by atoms with Gasteiger partial charge in [0.25, 0.3) is 5.69 Å². The van der Waals surface area contributed by atoms with Crippen molar-refractivity contribution in [2.24, 2.45) is 0 Å². The Morgan fingerprint density at radius 2 is 2.04 bits per heavy atom. The number of nitro groups is 1. The summed E-state index contributed by atoms with van der Waals surface area (Å²) in [7, 11) is 0. The smallest absolute Gasteiger partial charge is 0.348 e. The number of hydrogen-bond donors (Lipinski definition) is 0. The van der Waals surface area contributed by atoms with Crippen molar-refractivity contribution in [3.8, 4) is 0 Å². The number of esters is 2. The van der Waals surface area contributed by atoms with Gasteiger partial charge in [-0.25, -0.2) is 9.59 Å². The largest absolute Gasteiger partial charge is 0.458 e. The number of hydrogen-bond acceptors (Lipinski definition) is 6. The predicted molar refractivity (Wildman–Crippen MR) is 82.2 cm³/mol. The number of rotatable bonds is 4. The lowest BCUT2D eigenvalue weighted by Crippen LogP contribution is -2.35. The van der Waals surface area contributed by atoms with Crippen LogP contribution in [0.15, 0.2) is 48.5 Å².